The van der Waals surface area contributed by atoms with Crippen LogP contribution in [0.15, 0.2) is 41.3 Å². The van der Waals surface area contributed by atoms with E-state index in [1.165, 1.54) is 0 Å². The van der Waals surface area contributed by atoms with E-state index in [-0.39, 0.29) is 11.8 Å². The van der Waals surface area contributed by atoms with E-state index in [1.54, 1.807) is 11.8 Å². The van der Waals surface area contributed by atoms with Crippen LogP contribution >= 0.6 is 11.8 Å². The fourth-order valence-electron chi connectivity index (χ4n) is 2.17. The maximum absolute atomic E-state index is 12.2. The van der Waals surface area contributed by atoms with Gasteiger partial charge in [0.1, 0.15) is 0 Å². The zero-order valence-electron chi connectivity index (χ0n) is 11.3. The van der Waals surface area contributed by atoms with Crippen LogP contribution in [-0.4, -0.2) is 11.7 Å². The zero-order chi connectivity index (χ0) is 14.2. The van der Waals surface area contributed by atoms with Crippen molar-refractivity contribution < 1.29 is 4.79 Å². The predicted octanol–water partition coefficient (Wildman–Crippen LogP) is 3.99. The summed E-state index contributed by atoms with van der Waals surface area (Å²) in [6.07, 6.45) is 7.47. The highest BCUT2D eigenvalue weighted by molar-refractivity contribution is 7.99. The second kappa shape index (κ2) is 7.76. The van der Waals surface area contributed by atoms with Crippen molar-refractivity contribution in [2.75, 3.05) is 11.1 Å². The van der Waals surface area contributed by atoms with Gasteiger partial charge in [0.05, 0.1) is 11.8 Å². The topological polar surface area (TPSA) is 52.9 Å². The Morgan fingerprint density at radius 3 is 3.00 bits per heavy atom. The van der Waals surface area contributed by atoms with Crippen molar-refractivity contribution in [3.63, 3.8) is 0 Å². The van der Waals surface area contributed by atoms with Crippen molar-refractivity contribution in [3.05, 3.63) is 36.4 Å². The molecule has 0 radical (unpaired) electrons. The first-order valence-corrected chi connectivity index (χ1v) is 7.84. The summed E-state index contributed by atoms with van der Waals surface area (Å²) in [4.78, 5) is 13.3. The minimum atomic E-state index is 0.0807. The molecule has 0 aromatic heterocycles. The van der Waals surface area contributed by atoms with E-state index in [2.05, 4.69) is 23.5 Å². The smallest absolute Gasteiger partial charge is 0.227 e. The number of amides is 1. The molecule has 0 spiro atoms. The number of anilines is 1. The Hall–Kier alpha value is -1.73. The molecular formula is C16H18N2OS. The first kappa shape index (κ1) is 14.7. The molecule has 0 saturated heterocycles. The Bertz CT molecular complexity index is 534. The van der Waals surface area contributed by atoms with E-state index in [0.717, 1.165) is 35.6 Å². The van der Waals surface area contributed by atoms with Crippen LogP contribution in [0.4, 0.5) is 5.69 Å². The molecule has 0 bridgehead atoms. The summed E-state index contributed by atoms with van der Waals surface area (Å²) in [6.45, 7) is 0. The lowest BCUT2D eigenvalue weighted by Gasteiger charge is -2.18. The average Bonchev–Trinajstić information content (AvgIpc) is 2.50. The third-order valence-electron chi connectivity index (χ3n) is 3.26. The van der Waals surface area contributed by atoms with E-state index < -0.39 is 0 Å². The van der Waals surface area contributed by atoms with Crippen LogP contribution in [0.25, 0.3) is 0 Å². The molecule has 1 N–H and O–H groups in total. The van der Waals surface area contributed by atoms with Gasteiger partial charge in [-0.2, -0.15) is 5.26 Å². The summed E-state index contributed by atoms with van der Waals surface area (Å²) < 4.78 is 0. The largest absolute Gasteiger partial charge is 0.325 e. The molecule has 1 amide bonds. The van der Waals surface area contributed by atoms with E-state index in [4.69, 9.17) is 5.26 Å². The van der Waals surface area contributed by atoms with Gasteiger partial charge >= 0.3 is 0 Å². The number of thioether (sulfide) groups is 1. The Balaban J connectivity index is 1.99. The SMILES string of the molecule is N#CCCSc1ccccc1NC(=O)[C@@H]1CC=CCC1. The van der Waals surface area contributed by atoms with Gasteiger partial charge in [0.15, 0.2) is 0 Å². The van der Waals surface area contributed by atoms with E-state index in [1.807, 2.05) is 24.3 Å². The molecule has 2 rings (SSSR count). The summed E-state index contributed by atoms with van der Waals surface area (Å²) in [5, 5.41) is 11.6. The highest BCUT2D eigenvalue weighted by atomic mass is 32.2. The van der Waals surface area contributed by atoms with Gasteiger partial charge in [0.25, 0.3) is 0 Å². The van der Waals surface area contributed by atoms with Gasteiger partial charge in [-0.1, -0.05) is 24.3 Å². The number of carbonyl (C=O) groups excluding carboxylic acids is 1. The molecule has 1 aromatic carbocycles. The Kier molecular flexibility index (Phi) is 5.69. The van der Waals surface area contributed by atoms with Crippen molar-refractivity contribution in [2.45, 2.75) is 30.6 Å². The molecule has 20 heavy (non-hydrogen) atoms. The second-order valence-corrected chi connectivity index (χ2v) is 5.86. The van der Waals surface area contributed by atoms with E-state index in [9.17, 15) is 4.79 Å². The van der Waals surface area contributed by atoms with Gasteiger partial charge in [-0.05, 0) is 31.4 Å². The molecule has 1 aromatic rings. The summed E-state index contributed by atoms with van der Waals surface area (Å²) in [7, 11) is 0. The first-order chi connectivity index (χ1) is 9.81. The van der Waals surface area contributed by atoms with Crippen LogP contribution in [0.3, 0.4) is 0 Å². The van der Waals surface area contributed by atoms with Gasteiger partial charge in [-0.15, -0.1) is 11.8 Å². The fourth-order valence-corrected chi connectivity index (χ4v) is 3.03. The molecule has 1 atom stereocenters. The van der Waals surface area contributed by atoms with Crippen LogP contribution < -0.4 is 5.32 Å². The number of nitrogens with zero attached hydrogens (tertiary/aromatic N) is 1. The minimum absolute atomic E-state index is 0.0807. The maximum Gasteiger partial charge on any atom is 0.227 e. The highest BCUT2D eigenvalue weighted by Crippen LogP contribution is 2.28. The Morgan fingerprint density at radius 1 is 1.40 bits per heavy atom. The second-order valence-electron chi connectivity index (χ2n) is 4.72. The monoisotopic (exact) mass is 286 g/mol. The quantitative estimate of drug-likeness (QED) is 0.506. The van der Waals surface area contributed by atoms with Crippen LogP contribution in [0, 0.1) is 17.2 Å². The highest BCUT2D eigenvalue weighted by Gasteiger charge is 2.19. The molecule has 0 fully saturated rings. The number of hydrogen-bond donors (Lipinski definition) is 1. The number of allylic oxidation sites excluding steroid dienone is 2. The van der Waals surface area contributed by atoms with E-state index >= 15 is 0 Å². The molecule has 4 heteroatoms. The molecule has 104 valence electrons. The van der Waals surface area contributed by atoms with Crippen LogP contribution in [0.2, 0.25) is 0 Å². The summed E-state index contributed by atoms with van der Waals surface area (Å²) in [5.41, 5.74) is 0.856. The van der Waals surface area contributed by atoms with E-state index in [0.29, 0.717) is 6.42 Å². The number of carbonyl (C=O) groups is 1. The number of hydrogen-bond acceptors (Lipinski definition) is 3. The number of benzene rings is 1. The van der Waals surface area contributed by atoms with Gasteiger partial charge in [0, 0.05) is 23.0 Å². The fraction of sp³-hybridized carbons (Fsp3) is 0.375. The summed E-state index contributed by atoms with van der Waals surface area (Å²) >= 11 is 1.61. The number of para-hydroxylation sites is 1. The molecule has 3 nitrogen and oxygen atoms in total. The van der Waals surface area contributed by atoms with Crippen molar-refractivity contribution >= 4 is 23.4 Å². The van der Waals surface area contributed by atoms with Crippen molar-refractivity contribution in [3.8, 4) is 6.07 Å². The van der Waals surface area contributed by atoms with Crippen LogP contribution in [0.1, 0.15) is 25.7 Å². The van der Waals surface area contributed by atoms with Gasteiger partial charge in [-0.3, -0.25) is 4.79 Å². The number of rotatable bonds is 5. The Morgan fingerprint density at radius 2 is 2.25 bits per heavy atom. The Labute approximate surface area is 124 Å². The van der Waals surface area contributed by atoms with Crippen LogP contribution in [0.5, 0.6) is 0 Å². The maximum atomic E-state index is 12.2. The molecular weight excluding hydrogens is 268 g/mol. The lowest BCUT2D eigenvalue weighted by Crippen LogP contribution is -2.23. The first-order valence-electron chi connectivity index (χ1n) is 6.86. The zero-order valence-corrected chi connectivity index (χ0v) is 12.2. The standard InChI is InChI=1S/C16H18N2OS/c17-11-6-12-20-15-10-5-4-9-14(15)18-16(19)13-7-2-1-3-8-13/h1-2,4-5,9-10,13H,3,6-8,12H2,(H,18,19)/t13-/m1/s1. The third-order valence-corrected chi connectivity index (χ3v) is 4.33. The van der Waals surface area contributed by atoms with Crippen molar-refractivity contribution in [1.29, 1.82) is 5.26 Å². The van der Waals surface area contributed by atoms with Crippen molar-refractivity contribution in [1.82, 2.24) is 0 Å². The molecule has 0 aliphatic heterocycles. The van der Waals surface area contributed by atoms with Gasteiger partial charge in [0.2, 0.25) is 5.91 Å². The minimum Gasteiger partial charge on any atom is -0.325 e. The number of nitriles is 1. The lowest BCUT2D eigenvalue weighted by atomic mass is 9.93. The summed E-state index contributed by atoms with van der Waals surface area (Å²) in [6, 6.07) is 9.91. The summed E-state index contributed by atoms with van der Waals surface area (Å²) in [5.74, 6) is 0.926. The lowest BCUT2D eigenvalue weighted by molar-refractivity contribution is -0.120. The predicted molar refractivity (Wildman–Crippen MR) is 82.5 cm³/mol. The molecule has 0 saturated carbocycles. The number of nitrogens with one attached hydrogen (secondary N) is 1. The molecule has 1 aliphatic carbocycles. The third kappa shape index (κ3) is 4.14. The van der Waals surface area contributed by atoms with Crippen LogP contribution in [-0.2, 0) is 4.79 Å². The molecule has 0 unspecified atom stereocenters. The van der Waals surface area contributed by atoms with Gasteiger partial charge in [-0.25, -0.2) is 0 Å². The van der Waals surface area contributed by atoms with Gasteiger partial charge < -0.3 is 5.32 Å². The normalized spacial score (nSPS) is 17.4. The average molecular weight is 286 g/mol. The molecule has 1 aliphatic rings. The molecule has 0 heterocycles. The van der Waals surface area contributed by atoms with Crippen molar-refractivity contribution in [2.24, 2.45) is 5.92 Å².